The molecule has 9 nitrogen and oxygen atoms in total. The molecule has 0 bridgehead atoms. The number of esters is 1. The van der Waals surface area contributed by atoms with Gasteiger partial charge in [-0.1, -0.05) is 161 Å². The first kappa shape index (κ1) is 57.4. The zero-order valence-electron chi connectivity index (χ0n) is 37.8. The molecule has 2 unspecified atom stereocenters. The Morgan fingerprint density at radius 3 is 1.43 bits per heavy atom. The normalized spacial score (nSPS) is 14.4. The number of phosphoric ester groups is 1. The van der Waals surface area contributed by atoms with E-state index in [4.69, 9.17) is 13.8 Å². The molecule has 0 aromatic carbocycles. The number of amides is 1. The highest BCUT2D eigenvalue weighted by molar-refractivity contribution is 7.47. The van der Waals surface area contributed by atoms with E-state index in [1.165, 1.54) is 25.7 Å². The van der Waals surface area contributed by atoms with Gasteiger partial charge >= 0.3 is 13.8 Å². The maximum Gasteiger partial charge on any atom is 0.472 e. The van der Waals surface area contributed by atoms with E-state index in [9.17, 15) is 24.2 Å². The average Bonchev–Trinajstić information content (AvgIpc) is 3.25. The molecule has 3 N–H and O–H groups in total. The van der Waals surface area contributed by atoms with E-state index in [0.29, 0.717) is 19.3 Å². The number of aliphatic hydroxyl groups is 1. The highest BCUT2D eigenvalue weighted by Crippen LogP contribution is 2.42. The fraction of sp³-hybridized carbons (Fsp3) is 0.569. The summed E-state index contributed by atoms with van der Waals surface area (Å²) in [7, 11) is -4.45. The van der Waals surface area contributed by atoms with E-state index < -0.39 is 26.5 Å². The molecule has 0 spiro atoms. The third-order valence-corrected chi connectivity index (χ3v) is 9.86. The number of hydrogen-bond acceptors (Lipinski definition) is 7. The molecule has 2 atom stereocenters. The summed E-state index contributed by atoms with van der Waals surface area (Å²) in [5.74, 6) is -0.610. The lowest BCUT2D eigenvalue weighted by Crippen LogP contribution is -2.27. The molecule has 344 valence electrons. The first-order valence-electron chi connectivity index (χ1n) is 23.0. The number of unbranched alkanes of at least 4 members (excludes halogenated alkanes) is 8. The van der Waals surface area contributed by atoms with Crippen LogP contribution in [0.1, 0.15) is 155 Å². The molecule has 0 saturated carbocycles. The Kier molecular flexibility index (Phi) is 43.2. The minimum absolute atomic E-state index is 0.0414. The van der Waals surface area contributed by atoms with E-state index in [1.807, 2.05) is 0 Å². The predicted octanol–water partition coefficient (Wildman–Crippen LogP) is 13.3. The van der Waals surface area contributed by atoms with Crippen LogP contribution < -0.4 is 5.32 Å². The Morgan fingerprint density at radius 1 is 0.525 bits per heavy atom. The number of ether oxygens (including phenoxy) is 1. The van der Waals surface area contributed by atoms with E-state index in [2.05, 4.69) is 141 Å². The van der Waals surface area contributed by atoms with Gasteiger partial charge in [0.15, 0.2) is 0 Å². The number of carbonyl (C=O) groups excluding carboxylic acids is 2. The van der Waals surface area contributed by atoms with Crippen LogP contribution in [0.15, 0.2) is 122 Å². The highest BCUT2D eigenvalue weighted by atomic mass is 31.2. The lowest BCUT2D eigenvalue weighted by atomic mass is 10.1. The SMILES string of the molecule is CC/C=C\C/C=C\C/C=C\C/C=C\C/C=C\C/C=C\CCCCCCC(=O)OCC(O)COP(=O)(O)OCCNC(=O)CCC/C=C\C/C=C\C/C=C\C/C=C\CCCCC. The Hall–Kier alpha value is -3.59. The first-order chi connectivity index (χ1) is 29.8. The van der Waals surface area contributed by atoms with Gasteiger partial charge in [-0.05, 0) is 103 Å². The molecule has 0 rings (SSSR count). The van der Waals surface area contributed by atoms with Crippen LogP contribution >= 0.6 is 7.82 Å². The summed E-state index contributed by atoms with van der Waals surface area (Å²) >= 11 is 0. The van der Waals surface area contributed by atoms with Crippen molar-refractivity contribution in [1.82, 2.24) is 5.32 Å². The summed E-state index contributed by atoms with van der Waals surface area (Å²) < 4.78 is 26.9. The smallest absolute Gasteiger partial charge is 0.463 e. The lowest BCUT2D eigenvalue weighted by molar-refractivity contribution is -0.147. The maximum absolute atomic E-state index is 12.1. The van der Waals surface area contributed by atoms with Crippen molar-refractivity contribution in [3.05, 3.63) is 122 Å². The summed E-state index contributed by atoms with van der Waals surface area (Å²) in [4.78, 5) is 33.9. The number of aliphatic hydroxyl groups excluding tert-OH is 1. The number of nitrogens with one attached hydrogen (secondary N) is 1. The van der Waals surface area contributed by atoms with Gasteiger partial charge in [0, 0.05) is 19.4 Å². The molecule has 0 aromatic rings. The van der Waals surface area contributed by atoms with Crippen molar-refractivity contribution in [2.75, 3.05) is 26.4 Å². The van der Waals surface area contributed by atoms with Crippen LogP contribution in [0, 0.1) is 0 Å². The summed E-state index contributed by atoms with van der Waals surface area (Å²) in [5, 5.41) is 12.7. The Morgan fingerprint density at radius 2 is 0.951 bits per heavy atom. The minimum atomic E-state index is -4.45. The molecule has 0 radical (unpaired) electrons. The summed E-state index contributed by atoms with van der Waals surface area (Å²) in [6.45, 7) is 3.28. The van der Waals surface area contributed by atoms with Gasteiger partial charge in [-0.3, -0.25) is 18.6 Å². The van der Waals surface area contributed by atoms with E-state index >= 15 is 0 Å². The molecular formula is C51H82NO8P. The molecule has 0 aliphatic carbocycles. The molecule has 0 aliphatic heterocycles. The quantitative estimate of drug-likeness (QED) is 0.0240. The summed E-state index contributed by atoms with van der Waals surface area (Å²) in [6, 6.07) is 0. The molecule has 0 fully saturated rings. The number of carbonyl (C=O) groups is 2. The summed E-state index contributed by atoms with van der Waals surface area (Å²) in [5.41, 5.74) is 0. The largest absolute Gasteiger partial charge is 0.472 e. The van der Waals surface area contributed by atoms with E-state index in [-0.39, 0.29) is 32.1 Å². The second-order valence-electron chi connectivity index (χ2n) is 14.6. The molecule has 1 amide bonds. The molecular weight excluding hydrogens is 786 g/mol. The molecule has 0 heterocycles. The second-order valence-corrected chi connectivity index (χ2v) is 16.1. The Labute approximate surface area is 370 Å². The van der Waals surface area contributed by atoms with Crippen molar-refractivity contribution in [1.29, 1.82) is 0 Å². The predicted molar refractivity (Wildman–Crippen MR) is 256 cm³/mol. The van der Waals surface area contributed by atoms with Gasteiger partial charge in [0.25, 0.3) is 0 Å². The van der Waals surface area contributed by atoms with Crippen LogP contribution in [-0.2, 0) is 27.9 Å². The summed E-state index contributed by atoms with van der Waals surface area (Å²) in [6.07, 6.45) is 62.8. The molecule has 0 aromatic heterocycles. The second kappa shape index (κ2) is 45.9. The van der Waals surface area contributed by atoms with Crippen LogP contribution in [0.2, 0.25) is 0 Å². The van der Waals surface area contributed by atoms with E-state index in [0.717, 1.165) is 89.9 Å². The van der Waals surface area contributed by atoms with Gasteiger partial charge in [-0.25, -0.2) is 4.57 Å². The Balaban J connectivity index is 3.75. The Bertz CT molecular complexity index is 1400. The van der Waals surface area contributed by atoms with Gasteiger partial charge in [0.2, 0.25) is 5.91 Å². The zero-order valence-corrected chi connectivity index (χ0v) is 38.7. The third kappa shape index (κ3) is 47.3. The number of rotatable bonds is 41. The average molecular weight is 868 g/mol. The van der Waals surface area contributed by atoms with Gasteiger partial charge in [0.05, 0.1) is 13.2 Å². The van der Waals surface area contributed by atoms with Gasteiger partial charge in [-0.2, -0.15) is 0 Å². The van der Waals surface area contributed by atoms with Crippen molar-refractivity contribution < 1.29 is 37.9 Å². The number of allylic oxidation sites excluding steroid dienone is 20. The van der Waals surface area contributed by atoms with Crippen LogP contribution in [0.5, 0.6) is 0 Å². The maximum atomic E-state index is 12.1. The number of hydrogen-bond donors (Lipinski definition) is 3. The van der Waals surface area contributed by atoms with Crippen LogP contribution in [-0.4, -0.2) is 54.3 Å². The molecule has 0 saturated heterocycles. The van der Waals surface area contributed by atoms with E-state index in [1.54, 1.807) is 0 Å². The highest BCUT2D eigenvalue weighted by Gasteiger charge is 2.23. The van der Waals surface area contributed by atoms with Crippen LogP contribution in [0.3, 0.4) is 0 Å². The third-order valence-electron chi connectivity index (χ3n) is 8.88. The standard InChI is InChI=1S/C51H82NO8P/c1-3-5-7-9-11-13-15-17-19-21-22-23-24-25-26-28-30-32-34-36-38-40-42-44-51(55)58-47-49(53)48-60-61(56,57)59-46-45-52-50(54)43-41-39-37-35-33-31-29-27-20-18-16-14-12-10-8-6-4-2/h5,7,11-14,17-20,22-23,25-26,29-32,35,37,49,53H,3-4,6,8-10,15-16,21,24,27-28,33-34,36,38-48H2,1-2H3,(H,52,54)(H,56,57)/b7-5-,13-11-,14-12-,19-17-,20-18-,23-22-,26-25-,31-29-,32-30-,37-35-. The van der Waals surface area contributed by atoms with Crippen LogP contribution in [0.25, 0.3) is 0 Å². The van der Waals surface area contributed by atoms with Crippen molar-refractivity contribution in [2.24, 2.45) is 0 Å². The van der Waals surface area contributed by atoms with Crippen molar-refractivity contribution in [3.8, 4) is 0 Å². The van der Waals surface area contributed by atoms with Gasteiger partial charge < -0.3 is 20.1 Å². The topological polar surface area (TPSA) is 131 Å². The first-order valence-corrected chi connectivity index (χ1v) is 24.5. The minimum Gasteiger partial charge on any atom is -0.463 e. The zero-order chi connectivity index (χ0) is 44.6. The molecule has 0 aliphatic rings. The fourth-order valence-electron chi connectivity index (χ4n) is 5.43. The lowest BCUT2D eigenvalue weighted by Gasteiger charge is -2.15. The van der Waals surface area contributed by atoms with Crippen molar-refractivity contribution in [2.45, 2.75) is 161 Å². The number of phosphoric acid groups is 1. The van der Waals surface area contributed by atoms with Crippen LogP contribution in [0.4, 0.5) is 0 Å². The molecule has 61 heavy (non-hydrogen) atoms. The van der Waals surface area contributed by atoms with Gasteiger partial charge in [-0.15, -0.1) is 0 Å². The van der Waals surface area contributed by atoms with Gasteiger partial charge in [0.1, 0.15) is 12.7 Å². The fourth-order valence-corrected chi connectivity index (χ4v) is 6.19. The molecule has 10 heteroatoms. The van der Waals surface area contributed by atoms with Crippen molar-refractivity contribution in [3.63, 3.8) is 0 Å². The monoisotopic (exact) mass is 868 g/mol. The van der Waals surface area contributed by atoms with Crippen molar-refractivity contribution >= 4 is 19.7 Å².